The summed E-state index contributed by atoms with van der Waals surface area (Å²) >= 11 is 0. The molecule has 3 rings (SSSR count). The number of hydrogen-bond donors (Lipinski definition) is 3. The van der Waals surface area contributed by atoms with Gasteiger partial charge in [-0.25, -0.2) is 4.79 Å². The predicted molar refractivity (Wildman–Crippen MR) is 119 cm³/mol. The molecule has 0 saturated carbocycles. The van der Waals surface area contributed by atoms with Gasteiger partial charge in [0.15, 0.2) is 0 Å². The number of benzene rings is 2. The normalized spacial score (nSPS) is 15.0. The van der Waals surface area contributed by atoms with E-state index in [4.69, 9.17) is 0 Å². The van der Waals surface area contributed by atoms with E-state index in [2.05, 4.69) is 45.1 Å². The van der Waals surface area contributed by atoms with Gasteiger partial charge >= 0.3 is 6.03 Å². The van der Waals surface area contributed by atoms with Gasteiger partial charge in [-0.3, -0.25) is 9.69 Å². The molecule has 2 aromatic rings. The molecule has 0 aliphatic carbocycles. The monoisotopic (exact) mass is 408 g/mol. The molecule has 1 aliphatic heterocycles. The topological polar surface area (TPSA) is 73.5 Å². The Kier molecular flexibility index (Phi) is 7.85. The molecule has 3 N–H and O–H groups in total. The van der Waals surface area contributed by atoms with Gasteiger partial charge in [0.1, 0.15) is 0 Å². The fourth-order valence-electron chi connectivity index (χ4n) is 3.62. The summed E-state index contributed by atoms with van der Waals surface area (Å²) in [5, 5.41) is 8.76. The third-order valence-electron chi connectivity index (χ3n) is 5.26. The quantitative estimate of drug-likeness (QED) is 0.658. The predicted octanol–water partition coefficient (Wildman–Crippen LogP) is 3.29. The minimum absolute atomic E-state index is 0.0337. The Bertz CT molecular complexity index is 813. The van der Waals surface area contributed by atoms with Crippen molar-refractivity contribution in [3.05, 3.63) is 71.3 Å². The van der Waals surface area contributed by atoms with Crippen LogP contribution >= 0.6 is 0 Å². The number of amides is 3. The second kappa shape index (κ2) is 10.8. The van der Waals surface area contributed by atoms with Crippen LogP contribution in [-0.4, -0.2) is 42.0 Å². The first-order chi connectivity index (χ1) is 14.5. The van der Waals surface area contributed by atoms with Crippen molar-refractivity contribution in [2.75, 3.05) is 13.1 Å². The first kappa shape index (κ1) is 21.8. The second-order valence-corrected chi connectivity index (χ2v) is 8.19. The van der Waals surface area contributed by atoms with Gasteiger partial charge in [0.25, 0.3) is 5.91 Å². The summed E-state index contributed by atoms with van der Waals surface area (Å²) in [5.74, 6) is -0.0337. The molecule has 30 heavy (non-hydrogen) atoms. The van der Waals surface area contributed by atoms with Crippen LogP contribution in [0.2, 0.25) is 0 Å². The van der Waals surface area contributed by atoms with Crippen LogP contribution in [-0.2, 0) is 13.1 Å². The number of nitrogens with one attached hydrogen (secondary N) is 3. The minimum atomic E-state index is -0.189. The van der Waals surface area contributed by atoms with Crippen molar-refractivity contribution < 1.29 is 9.59 Å². The van der Waals surface area contributed by atoms with E-state index in [0.29, 0.717) is 12.1 Å². The van der Waals surface area contributed by atoms with Gasteiger partial charge in [-0.15, -0.1) is 0 Å². The smallest absolute Gasteiger partial charge is 0.315 e. The van der Waals surface area contributed by atoms with Crippen LogP contribution in [0.1, 0.15) is 48.2 Å². The lowest BCUT2D eigenvalue weighted by Gasteiger charge is -2.32. The summed E-state index contributed by atoms with van der Waals surface area (Å²) in [5.41, 5.74) is 2.94. The van der Waals surface area contributed by atoms with Crippen molar-refractivity contribution in [2.24, 2.45) is 0 Å². The van der Waals surface area contributed by atoms with Crippen LogP contribution in [0, 0.1) is 0 Å². The zero-order valence-corrected chi connectivity index (χ0v) is 17.9. The van der Waals surface area contributed by atoms with E-state index >= 15 is 0 Å². The summed E-state index contributed by atoms with van der Waals surface area (Å²) < 4.78 is 0. The molecule has 0 bridgehead atoms. The Labute approximate surface area is 179 Å². The molecule has 1 heterocycles. The number of urea groups is 1. The highest BCUT2D eigenvalue weighted by Crippen LogP contribution is 2.15. The van der Waals surface area contributed by atoms with E-state index < -0.39 is 0 Å². The molecule has 0 unspecified atom stereocenters. The highest BCUT2D eigenvalue weighted by Gasteiger charge is 2.21. The van der Waals surface area contributed by atoms with Crippen molar-refractivity contribution in [2.45, 2.75) is 51.9 Å². The fourth-order valence-corrected chi connectivity index (χ4v) is 3.62. The van der Waals surface area contributed by atoms with Crippen molar-refractivity contribution in [1.29, 1.82) is 0 Å². The lowest BCUT2D eigenvalue weighted by Crippen LogP contribution is -2.44. The average Bonchev–Trinajstić information content (AvgIpc) is 2.74. The number of likely N-dealkylation sites (tertiary alicyclic amines) is 1. The molecular formula is C24H32N4O2. The SMILES string of the molecule is CC(C)NC(=O)NCc1ccc(C(=O)NC2CCN(Cc3ccccc3)CC2)cc1. The number of carbonyl (C=O) groups excluding carboxylic acids is 2. The van der Waals surface area contributed by atoms with Crippen LogP contribution in [0.25, 0.3) is 0 Å². The van der Waals surface area contributed by atoms with Gasteiger partial charge in [0.2, 0.25) is 0 Å². The zero-order chi connectivity index (χ0) is 21.3. The zero-order valence-electron chi connectivity index (χ0n) is 17.9. The van der Waals surface area contributed by atoms with E-state index in [1.54, 1.807) is 0 Å². The van der Waals surface area contributed by atoms with Gasteiger partial charge in [0.05, 0.1) is 0 Å². The molecule has 160 valence electrons. The lowest BCUT2D eigenvalue weighted by molar-refractivity contribution is 0.0909. The summed E-state index contributed by atoms with van der Waals surface area (Å²) in [4.78, 5) is 26.7. The first-order valence-electron chi connectivity index (χ1n) is 10.7. The molecule has 6 heteroatoms. The lowest BCUT2D eigenvalue weighted by atomic mass is 10.0. The molecule has 0 spiro atoms. The van der Waals surface area contributed by atoms with Crippen molar-refractivity contribution >= 4 is 11.9 Å². The molecule has 3 amide bonds. The van der Waals surface area contributed by atoms with Gasteiger partial charge in [-0.05, 0) is 49.9 Å². The molecule has 1 aliphatic rings. The van der Waals surface area contributed by atoms with Gasteiger partial charge in [-0.2, -0.15) is 0 Å². The maximum Gasteiger partial charge on any atom is 0.315 e. The fraction of sp³-hybridized carbons (Fsp3) is 0.417. The number of hydrogen-bond acceptors (Lipinski definition) is 3. The Balaban J connectivity index is 1.41. The molecule has 0 aromatic heterocycles. The highest BCUT2D eigenvalue weighted by atomic mass is 16.2. The maximum atomic E-state index is 12.6. The maximum absolute atomic E-state index is 12.6. The molecule has 0 radical (unpaired) electrons. The molecule has 1 saturated heterocycles. The van der Waals surface area contributed by atoms with Crippen LogP contribution in [0.5, 0.6) is 0 Å². The van der Waals surface area contributed by atoms with Crippen molar-refractivity contribution in [3.63, 3.8) is 0 Å². The molecule has 2 aromatic carbocycles. The van der Waals surface area contributed by atoms with E-state index in [1.807, 2.05) is 44.2 Å². The van der Waals surface area contributed by atoms with Gasteiger partial charge in [0, 0.05) is 43.8 Å². The minimum Gasteiger partial charge on any atom is -0.349 e. The molecule has 0 atom stereocenters. The average molecular weight is 409 g/mol. The van der Waals surface area contributed by atoms with Crippen molar-refractivity contribution in [3.8, 4) is 0 Å². The van der Waals surface area contributed by atoms with Gasteiger partial charge < -0.3 is 16.0 Å². The second-order valence-electron chi connectivity index (χ2n) is 8.19. The Morgan fingerprint density at radius 3 is 2.27 bits per heavy atom. The van der Waals surface area contributed by atoms with Crippen LogP contribution < -0.4 is 16.0 Å². The van der Waals surface area contributed by atoms with E-state index in [1.165, 1.54) is 5.56 Å². The number of carbonyl (C=O) groups is 2. The van der Waals surface area contributed by atoms with Crippen LogP contribution in [0.4, 0.5) is 4.79 Å². The summed E-state index contributed by atoms with van der Waals surface area (Å²) in [6, 6.07) is 18.0. The van der Waals surface area contributed by atoms with E-state index in [0.717, 1.165) is 38.0 Å². The Hall–Kier alpha value is -2.86. The Morgan fingerprint density at radius 1 is 0.967 bits per heavy atom. The molecular weight excluding hydrogens is 376 g/mol. The summed E-state index contributed by atoms with van der Waals surface area (Å²) in [7, 11) is 0. The standard InChI is InChI=1S/C24H32N4O2/c1-18(2)26-24(30)25-16-19-8-10-21(11-9-19)23(29)27-22-12-14-28(15-13-22)17-20-6-4-3-5-7-20/h3-11,18,22H,12-17H2,1-2H3,(H,27,29)(H2,25,26,30). The van der Waals surface area contributed by atoms with E-state index in [9.17, 15) is 9.59 Å². The van der Waals surface area contributed by atoms with Crippen molar-refractivity contribution in [1.82, 2.24) is 20.9 Å². The summed E-state index contributed by atoms with van der Waals surface area (Å²) in [6.45, 7) is 7.21. The number of nitrogens with zero attached hydrogens (tertiary/aromatic N) is 1. The molecule has 6 nitrogen and oxygen atoms in total. The van der Waals surface area contributed by atoms with Crippen LogP contribution in [0.3, 0.4) is 0 Å². The number of rotatable bonds is 7. The van der Waals surface area contributed by atoms with Crippen LogP contribution in [0.15, 0.2) is 54.6 Å². The largest absolute Gasteiger partial charge is 0.349 e. The third kappa shape index (κ3) is 6.88. The van der Waals surface area contributed by atoms with Gasteiger partial charge in [-0.1, -0.05) is 42.5 Å². The van der Waals surface area contributed by atoms with E-state index in [-0.39, 0.29) is 24.0 Å². The first-order valence-corrected chi connectivity index (χ1v) is 10.7. The highest BCUT2D eigenvalue weighted by molar-refractivity contribution is 5.94. The summed E-state index contributed by atoms with van der Waals surface area (Å²) in [6.07, 6.45) is 1.93. The number of piperidine rings is 1. The Morgan fingerprint density at radius 2 is 1.63 bits per heavy atom. The molecule has 1 fully saturated rings. The third-order valence-corrected chi connectivity index (χ3v) is 5.26.